The first-order valence-corrected chi connectivity index (χ1v) is 6.89. The van der Waals surface area contributed by atoms with Crippen molar-refractivity contribution >= 4 is 11.4 Å². The van der Waals surface area contributed by atoms with Crippen molar-refractivity contribution in [2.75, 3.05) is 6.61 Å². The van der Waals surface area contributed by atoms with E-state index in [1.165, 1.54) is 0 Å². The van der Waals surface area contributed by atoms with Gasteiger partial charge in [0, 0.05) is 6.42 Å². The molecule has 0 amide bonds. The van der Waals surface area contributed by atoms with Crippen LogP contribution in [0.4, 0.5) is 13.2 Å². The molecule has 2 aliphatic carbocycles. The molecule has 2 aliphatic rings. The molecule has 0 spiro atoms. The SMILES string of the molecule is C[C@@H]1[C@H]2CC(=O)C=C2c2ccccc2[C@@H]1OCC(F)(F)F. The average molecular weight is 296 g/mol. The minimum Gasteiger partial charge on any atom is -0.364 e. The quantitative estimate of drug-likeness (QED) is 0.826. The van der Waals surface area contributed by atoms with Crippen LogP contribution in [0.15, 0.2) is 30.3 Å². The highest BCUT2D eigenvalue weighted by Gasteiger charge is 2.42. The lowest BCUT2D eigenvalue weighted by Gasteiger charge is -2.37. The van der Waals surface area contributed by atoms with Crippen molar-refractivity contribution in [1.29, 1.82) is 0 Å². The molecule has 112 valence electrons. The average Bonchev–Trinajstić information content (AvgIpc) is 2.80. The van der Waals surface area contributed by atoms with Gasteiger partial charge in [-0.3, -0.25) is 4.79 Å². The van der Waals surface area contributed by atoms with Crippen LogP contribution >= 0.6 is 0 Å². The summed E-state index contributed by atoms with van der Waals surface area (Å²) in [4.78, 5) is 11.7. The molecule has 3 atom stereocenters. The molecule has 0 radical (unpaired) electrons. The lowest BCUT2D eigenvalue weighted by molar-refractivity contribution is -0.192. The van der Waals surface area contributed by atoms with Crippen molar-refractivity contribution < 1.29 is 22.7 Å². The van der Waals surface area contributed by atoms with Crippen molar-refractivity contribution in [3.8, 4) is 0 Å². The highest BCUT2D eigenvalue weighted by molar-refractivity contribution is 6.03. The first-order chi connectivity index (χ1) is 9.87. The summed E-state index contributed by atoms with van der Waals surface area (Å²) in [5.41, 5.74) is 2.53. The number of halogens is 3. The van der Waals surface area contributed by atoms with Gasteiger partial charge in [-0.05, 0) is 34.6 Å². The smallest absolute Gasteiger partial charge is 0.364 e. The number of hydrogen-bond donors (Lipinski definition) is 0. The van der Waals surface area contributed by atoms with E-state index in [2.05, 4.69) is 0 Å². The number of carbonyl (C=O) groups is 1. The highest BCUT2D eigenvalue weighted by atomic mass is 19.4. The molecule has 1 aromatic carbocycles. The molecule has 0 saturated carbocycles. The van der Waals surface area contributed by atoms with Crippen molar-refractivity contribution in [1.82, 2.24) is 0 Å². The topological polar surface area (TPSA) is 26.3 Å². The summed E-state index contributed by atoms with van der Waals surface area (Å²) in [6.07, 6.45) is -3.00. The molecule has 0 N–H and O–H groups in total. The molecule has 0 heterocycles. The lowest BCUT2D eigenvalue weighted by atomic mass is 9.72. The van der Waals surface area contributed by atoms with E-state index in [0.717, 1.165) is 16.7 Å². The molecule has 0 bridgehead atoms. The van der Waals surface area contributed by atoms with Crippen LogP contribution in [0, 0.1) is 11.8 Å². The third kappa shape index (κ3) is 2.62. The Labute approximate surface area is 120 Å². The molecule has 2 nitrogen and oxygen atoms in total. The number of ether oxygens (including phenoxy) is 1. The van der Waals surface area contributed by atoms with Gasteiger partial charge in [-0.1, -0.05) is 31.2 Å². The number of carbonyl (C=O) groups excluding carboxylic acids is 1. The summed E-state index contributed by atoms with van der Waals surface area (Å²) in [7, 11) is 0. The largest absolute Gasteiger partial charge is 0.411 e. The molecule has 0 unspecified atom stereocenters. The van der Waals surface area contributed by atoms with E-state index in [1.807, 2.05) is 19.1 Å². The predicted octanol–water partition coefficient (Wildman–Crippen LogP) is 3.93. The van der Waals surface area contributed by atoms with Gasteiger partial charge in [0.05, 0.1) is 6.10 Å². The molecule has 21 heavy (non-hydrogen) atoms. The molecule has 0 fully saturated rings. The third-order valence-corrected chi connectivity index (χ3v) is 4.25. The highest BCUT2D eigenvalue weighted by Crippen LogP contribution is 2.50. The summed E-state index contributed by atoms with van der Waals surface area (Å²) >= 11 is 0. The van der Waals surface area contributed by atoms with Gasteiger partial charge in [0.25, 0.3) is 0 Å². The van der Waals surface area contributed by atoms with Crippen LogP contribution in [0.5, 0.6) is 0 Å². The van der Waals surface area contributed by atoms with Gasteiger partial charge in [-0.2, -0.15) is 13.2 Å². The number of benzene rings is 1. The summed E-state index contributed by atoms with van der Waals surface area (Å²) in [5, 5.41) is 0. The Morgan fingerprint density at radius 2 is 2.00 bits per heavy atom. The summed E-state index contributed by atoms with van der Waals surface area (Å²) in [6.45, 7) is 0.587. The maximum atomic E-state index is 12.5. The van der Waals surface area contributed by atoms with E-state index in [1.54, 1.807) is 18.2 Å². The van der Waals surface area contributed by atoms with E-state index in [-0.39, 0.29) is 17.6 Å². The Hall–Kier alpha value is -1.62. The van der Waals surface area contributed by atoms with Gasteiger partial charge in [0.1, 0.15) is 6.61 Å². The molecule has 1 aromatic rings. The molecule has 0 aliphatic heterocycles. The van der Waals surface area contributed by atoms with E-state index >= 15 is 0 Å². The summed E-state index contributed by atoms with van der Waals surface area (Å²) < 4.78 is 42.5. The van der Waals surface area contributed by atoms with Gasteiger partial charge in [0.2, 0.25) is 0 Å². The zero-order valence-electron chi connectivity index (χ0n) is 11.5. The number of ketones is 1. The molecule has 3 rings (SSSR count). The molecule has 5 heteroatoms. The van der Waals surface area contributed by atoms with Crippen LogP contribution in [-0.4, -0.2) is 18.6 Å². The fraction of sp³-hybridized carbons (Fsp3) is 0.438. The van der Waals surface area contributed by atoms with Crippen molar-refractivity contribution in [3.63, 3.8) is 0 Å². The second-order valence-electron chi connectivity index (χ2n) is 5.67. The standard InChI is InChI=1S/C16H15F3O2/c1-9-13-6-10(20)7-14(13)11-4-2-3-5-12(11)15(9)21-8-16(17,18)19/h2-5,7,9,13,15H,6,8H2,1H3/t9-,13-,15-/m1/s1. The Morgan fingerprint density at radius 1 is 1.29 bits per heavy atom. The third-order valence-electron chi connectivity index (χ3n) is 4.25. The molecule has 0 saturated heterocycles. The molecular weight excluding hydrogens is 281 g/mol. The van der Waals surface area contributed by atoms with Gasteiger partial charge >= 0.3 is 6.18 Å². The number of fused-ring (bicyclic) bond motifs is 3. The Balaban J connectivity index is 1.98. The number of alkyl halides is 3. The number of allylic oxidation sites excluding steroid dienone is 2. The van der Waals surface area contributed by atoms with Gasteiger partial charge in [-0.25, -0.2) is 0 Å². The number of hydrogen-bond acceptors (Lipinski definition) is 2. The summed E-state index contributed by atoms with van der Waals surface area (Å²) in [6, 6.07) is 7.25. The Bertz CT molecular complexity index is 604. The normalized spacial score (nSPS) is 28.1. The Kier molecular flexibility index (Phi) is 3.40. The number of rotatable bonds is 2. The second-order valence-corrected chi connectivity index (χ2v) is 5.67. The van der Waals surface area contributed by atoms with Crippen molar-refractivity contribution in [3.05, 3.63) is 41.5 Å². The minimum atomic E-state index is -4.35. The van der Waals surface area contributed by atoms with E-state index in [0.29, 0.717) is 6.42 Å². The summed E-state index contributed by atoms with van der Waals surface area (Å²) in [5.74, 6) is -0.168. The zero-order valence-corrected chi connectivity index (χ0v) is 11.5. The van der Waals surface area contributed by atoms with Crippen molar-refractivity contribution in [2.45, 2.75) is 25.6 Å². The monoisotopic (exact) mass is 296 g/mol. The minimum absolute atomic E-state index is 0.0353. The van der Waals surface area contributed by atoms with Gasteiger partial charge in [-0.15, -0.1) is 0 Å². The van der Waals surface area contributed by atoms with E-state index in [9.17, 15) is 18.0 Å². The van der Waals surface area contributed by atoms with E-state index in [4.69, 9.17) is 4.74 Å². The maximum Gasteiger partial charge on any atom is 0.411 e. The Morgan fingerprint density at radius 3 is 2.71 bits per heavy atom. The van der Waals surface area contributed by atoms with Crippen LogP contribution in [0.25, 0.3) is 5.57 Å². The van der Waals surface area contributed by atoms with Crippen LogP contribution in [0.3, 0.4) is 0 Å². The van der Waals surface area contributed by atoms with Crippen LogP contribution in [-0.2, 0) is 9.53 Å². The molecular formula is C16H15F3O2. The zero-order chi connectivity index (χ0) is 15.2. The maximum absolute atomic E-state index is 12.5. The van der Waals surface area contributed by atoms with Gasteiger partial charge < -0.3 is 4.74 Å². The van der Waals surface area contributed by atoms with E-state index < -0.39 is 18.9 Å². The van der Waals surface area contributed by atoms with Crippen LogP contribution < -0.4 is 0 Å². The second kappa shape index (κ2) is 4.98. The molecule has 0 aromatic heterocycles. The van der Waals surface area contributed by atoms with Crippen molar-refractivity contribution in [2.24, 2.45) is 11.8 Å². The fourth-order valence-corrected chi connectivity index (χ4v) is 3.34. The first-order valence-electron chi connectivity index (χ1n) is 6.89. The van der Waals surface area contributed by atoms with Crippen LogP contribution in [0.1, 0.15) is 30.6 Å². The van der Waals surface area contributed by atoms with Gasteiger partial charge in [0.15, 0.2) is 5.78 Å². The first kappa shape index (κ1) is 14.3. The lowest BCUT2D eigenvalue weighted by Crippen LogP contribution is -2.30. The van der Waals surface area contributed by atoms with Crippen LogP contribution in [0.2, 0.25) is 0 Å². The fourth-order valence-electron chi connectivity index (χ4n) is 3.34. The predicted molar refractivity (Wildman–Crippen MR) is 71.4 cm³/mol.